The van der Waals surface area contributed by atoms with E-state index in [9.17, 15) is 4.57 Å². The molecule has 5 radical (unpaired) electrons. The van der Waals surface area contributed by atoms with Crippen LogP contribution in [0.3, 0.4) is 0 Å². The Hall–Kier alpha value is 0.535. The number of methoxy groups -OCH3 is 2. The fraction of sp³-hybridized carbons (Fsp3) is 1.00. The van der Waals surface area contributed by atoms with Crippen LogP contribution in [0, 0.1) is 0 Å². The van der Waals surface area contributed by atoms with E-state index in [1.54, 1.807) is 14.2 Å². The summed E-state index contributed by atoms with van der Waals surface area (Å²) in [5, 5.41) is 0. The maximum absolute atomic E-state index is 12.9. The lowest BCUT2D eigenvalue weighted by molar-refractivity contribution is -0.0341. The van der Waals surface area contributed by atoms with Gasteiger partial charge in [0.05, 0.1) is 26.5 Å². The van der Waals surface area contributed by atoms with Gasteiger partial charge in [0.2, 0.25) is 0 Å². The van der Waals surface area contributed by atoms with E-state index in [0.717, 1.165) is 11.4 Å². The van der Waals surface area contributed by atoms with Crippen LogP contribution in [0.4, 0.5) is 0 Å². The number of ether oxygens (including phenoxy) is 4. The molecule has 129 valence electrons. The fourth-order valence-corrected chi connectivity index (χ4v) is 7.84. The largest absolute Gasteiger partial charge is 0.392 e. The Balaban J connectivity index is 1.61. The second-order valence-corrected chi connectivity index (χ2v) is 10.1. The predicted octanol–water partition coefficient (Wildman–Crippen LogP) is 0.418. The second kappa shape index (κ2) is 7.65. The summed E-state index contributed by atoms with van der Waals surface area (Å²) >= 11 is 1.01. The van der Waals surface area contributed by atoms with E-state index in [-0.39, 0.29) is 31.4 Å². The average Bonchev–Trinajstić information content (AvgIpc) is 3.13. The van der Waals surface area contributed by atoms with Crippen molar-refractivity contribution in [1.29, 1.82) is 0 Å². The first-order valence-corrected chi connectivity index (χ1v) is 10.7. The highest BCUT2D eigenvalue weighted by atomic mass is 32.7. The molecule has 7 nitrogen and oxygen atoms in total. The first-order valence-electron chi connectivity index (χ1n) is 7.73. The van der Waals surface area contributed by atoms with Gasteiger partial charge in [-0.25, -0.2) is 4.57 Å². The number of fused-ring (bicyclic) bond motifs is 1. The molecule has 24 heavy (non-hydrogen) atoms. The first-order chi connectivity index (χ1) is 11.4. The summed E-state index contributed by atoms with van der Waals surface area (Å²) in [5.41, 5.74) is 0. The molecule has 3 heterocycles. The third-order valence-electron chi connectivity index (χ3n) is 4.30. The van der Waals surface area contributed by atoms with Gasteiger partial charge >= 0.3 is 6.80 Å². The van der Waals surface area contributed by atoms with Gasteiger partial charge in [0, 0.05) is 34.0 Å². The molecule has 7 atom stereocenters. The van der Waals surface area contributed by atoms with Gasteiger partial charge in [-0.3, -0.25) is 9.05 Å². The minimum absolute atomic E-state index is 0.0783. The molecule has 0 aliphatic carbocycles. The number of hydrogen-bond donors (Lipinski definition) is 0. The summed E-state index contributed by atoms with van der Waals surface area (Å²) in [6.07, 6.45) is 0.0984. The SMILES string of the molecule is [B][B][C@H]1C[C@@H](OC)[C@@H](COP2(=O)O[C@@H]3C[C@H]([B])O[C@@]3(COC)S2)O1. The standard InChI is InChI=1S/C12H19B3O7PS/c1-17-6-12-9(4-10(13)21-12)22-23(16,24-12)19-5-8-7(18-2)3-11(15-14)20-8/h7-11H,3-6H2,1-2H3/t7-,8-,9-,10-,11-,12+,23?/m1/s1. The van der Waals surface area contributed by atoms with E-state index in [4.69, 9.17) is 43.6 Å². The smallest absolute Gasteiger partial charge is 0.381 e. The van der Waals surface area contributed by atoms with Crippen LogP contribution in [0.15, 0.2) is 0 Å². The molecule has 3 fully saturated rings. The van der Waals surface area contributed by atoms with Crippen molar-refractivity contribution in [2.45, 2.75) is 48.1 Å². The Morgan fingerprint density at radius 2 is 2.21 bits per heavy atom. The van der Waals surface area contributed by atoms with Crippen LogP contribution < -0.4 is 0 Å². The van der Waals surface area contributed by atoms with Crippen molar-refractivity contribution in [3.63, 3.8) is 0 Å². The molecule has 0 saturated carbocycles. The van der Waals surface area contributed by atoms with Gasteiger partial charge in [-0.2, -0.15) is 0 Å². The van der Waals surface area contributed by atoms with Crippen molar-refractivity contribution >= 4 is 40.9 Å². The van der Waals surface area contributed by atoms with Gasteiger partial charge in [0.15, 0.2) is 4.93 Å². The maximum atomic E-state index is 12.9. The molecular formula is C12H19B3O7PS. The summed E-state index contributed by atoms with van der Waals surface area (Å²) in [5.74, 6) is 0. The van der Waals surface area contributed by atoms with Crippen molar-refractivity contribution in [2.24, 2.45) is 0 Å². The van der Waals surface area contributed by atoms with Gasteiger partial charge in [0.25, 0.3) is 0 Å². The van der Waals surface area contributed by atoms with E-state index in [1.807, 2.05) is 0 Å². The molecule has 3 saturated heterocycles. The van der Waals surface area contributed by atoms with Crippen molar-refractivity contribution in [3.05, 3.63) is 0 Å². The van der Waals surface area contributed by atoms with Crippen LogP contribution in [0.25, 0.3) is 0 Å². The molecule has 0 aromatic rings. The van der Waals surface area contributed by atoms with Crippen LogP contribution in [-0.2, 0) is 32.6 Å². The first kappa shape index (κ1) is 19.3. The highest BCUT2D eigenvalue weighted by molar-refractivity contribution is 8.56. The Bertz CT molecular complexity index is 503. The molecule has 0 aromatic carbocycles. The summed E-state index contributed by atoms with van der Waals surface area (Å²) in [6.45, 7) is -3.11. The van der Waals surface area contributed by atoms with Crippen LogP contribution in [0.1, 0.15) is 12.8 Å². The highest BCUT2D eigenvalue weighted by Crippen LogP contribution is 2.75. The summed E-state index contributed by atoms with van der Waals surface area (Å²) in [7, 11) is 15.9. The molecule has 1 unspecified atom stereocenters. The topological polar surface area (TPSA) is 72.5 Å². The van der Waals surface area contributed by atoms with Crippen molar-refractivity contribution in [1.82, 2.24) is 0 Å². The molecule has 0 spiro atoms. The summed E-state index contributed by atoms with van der Waals surface area (Å²) in [4.78, 5) is -0.894. The van der Waals surface area contributed by atoms with E-state index in [0.29, 0.717) is 12.8 Å². The van der Waals surface area contributed by atoms with Crippen LogP contribution in [0.2, 0.25) is 0 Å². The van der Waals surface area contributed by atoms with Crippen LogP contribution in [0.5, 0.6) is 0 Å². The molecule has 12 heteroatoms. The van der Waals surface area contributed by atoms with Gasteiger partial charge in [-0.15, -0.1) is 0 Å². The Labute approximate surface area is 149 Å². The van der Waals surface area contributed by atoms with Gasteiger partial charge in [0.1, 0.15) is 20.1 Å². The monoisotopic (exact) mass is 371 g/mol. The van der Waals surface area contributed by atoms with Crippen molar-refractivity contribution in [2.75, 3.05) is 27.4 Å². The van der Waals surface area contributed by atoms with Crippen LogP contribution in [-0.4, -0.2) is 85.4 Å². The maximum Gasteiger partial charge on any atom is 0.392 e. The predicted molar refractivity (Wildman–Crippen MR) is 91.5 cm³/mol. The van der Waals surface area contributed by atoms with Crippen molar-refractivity contribution < 1.29 is 32.6 Å². The summed E-state index contributed by atoms with van der Waals surface area (Å²) < 4.78 is 46.2. The van der Waals surface area contributed by atoms with Gasteiger partial charge in [-0.1, -0.05) is 0 Å². The Morgan fingerprint density at radius 1 is 1.42 bits per heavy atom. The van der Waals surface area contributed by atoms with Gasteiger partial charge in [-0.05, 0) is 24.2 Å². The number of hydrogen-bond acceptors (Lipinski definition) is 8. The third kappa shape index (κ3) is 3.79. The molecule has 0 N–H and O–H groups in total. The van der Waals surface area contributed by atoms with E-state index in [1.165, 1.54) is 7.17 Å². The van der Waals surface area contributed by atoms with E-state index >= 15 is 0 Å². The molecule has 0 amide bonds. The lowest BCUT2D eigenvalue weighted by Crippen LogP contribution is -2.37. The van der Waals surface area contributed by atoms with E-state index in [2.05, 4.69) is 0 Å². The quantitative estimate of drug-likeness (QED) is 0.471. The van der Waals surface area contributed by atoms with Gasteiger partial charge < -0.3 is 18.9 Å². The molecular weight excluding hydrogens is 352 g/mol. The minimum Gasteiger partial charge on any atom is -0.381 e. The Kier molecular flexibility index (Phi) is 6.15. The fourth-order valence-electron chi connectivity index (χ4n) is 3.18. The molecule has 3 aliphatic rings. The normalized spacial score (nSPS) is 47.8. The summed E-state index contributed by atoms with van der Waals surface area (Å²) in [6, 6.07) is -0.675. The highest BCUT2D eigenvalue weighted by Gasteiger charge is 2.62. The third-order valence-corrected chi connectivity index (χ3v) is 8.46. The zero-order chi connectivity index (χ0) is 17.4. The lowest BCUT2D eigenvalue weighted by Gasteiger charge is -2.24. The Morgan fingerprint density at radius 3 is 2.88 bits per heavy atom. The average molecular weight is 371 g/mol. The van der Waals surface area contributed by atoms with Crippen LogP contribution >= 0.6 is 18.2 Å². The zero-order valence-electron chi connectivity index (χ0n) is 13.7. The van der Waals surface area contributed by atoms with Crippen molar-refractivity contribution in [3.8, 4) is 0 Å². The molecule has 0 aromatic heterocycles. The number of rotatable bonds is 7. The minimum atomic E-state index is -3.41. The lowest BCUT2D eigenvalue weighted by atomic mass is 9.51. The zero-order valence-corrected chi connectivity index (χ0v) is 15.4. The van der Waals surface area contributed by atoms with E-state index < -0.39 is 23.8 Å². The molecule has 3 rings (SSSR count). The molecule has 0 bridgehead atoms. The molecule has 3 aliphatic heterocycles. The second-order valence-electron chi connectivity index (χ2n) is 5.98.